The molecule has 0 saturated carbocycles. The molecule has 0 atom stereocenters. The van der Waals surface area contributed by atoms with Crippen molar-refractivity contribution < 1.29 is 8.91 Å². The first-order valence-electron chi connectivity index (χ1n) is 9.85. The summed E-state index contributed by atoms with van der Waals surface area (Å²) in [5.41, 5.74) is 0.946. The number of hydrogen-bond acceptors (Lipinski definition) is 5. The molecular formula is C20H30FIN6O. The first-order valence-corrected chi connectivity index (χ1v) is 9.85. The third-order valence-corrected chi connectivity index (χ3v) is 4.86. The zero-order valence-corrected chi connectivity index (χ0v) is 19.5. The average Bonchev–Trinajstić information content (AvgIpc) is 3.17. The van der Waals surface area contributed by atoms with Crippen molar-refractivity contribution in [3.05, 3.63) is 41.8 Å². The molecule has 1 aliphatic heterocycles. The zero-order chi connectivity index (χ0) is 19.9. The Morgan fingerprint density at radius 3 is 2.72 bits per heavy atom. The predicted octanol–water partition coefficient (Wildman–Crippen LogP) is 3.33. The molecule has 0 bridgehead atoms. The molecule has 2 heterocycles. The van der Waals surface area contributed by atoms with Crippen molar-refractivity contribution in [3.63, 3.8) is 0 Å². The summed E-state index contributed by atoms with van der Waals surface area (Å²) in [7, 11) is 1.76. The van der Waals surface area contributed by atoms with Gasteiger partial charge in [-0.25, -0.2) is 4.39 Å². The van der Waals surface area contributed by atoms with Gasteiger partial charge in [0.1, 0.15) is 5.82 Å². The van der Waals surface area contributed by atoms with Crippen LogP contribution in [0.5, 0.6) is 0 Å². The van der Waals surface area contributed by atoms with Gasteiger partial charge in [0.05, 0.1) is 0 Å². The van der Waals surface area contributed by atoms with Gasteiger partial charge in [0.15, 0.2) is 11.8 Å². The summed E-state index contributed by atoms with van der Waals surface area (Å²) in [5, 5.41) is 10.7. The third-order valence-electron chi connectivity index (χ3n) is 4.86. The van der Waals surface area contributed by atoms with Gasteiger partial charge in [0, 0.05) is 50.7 Å². The molecule has 0 unspecified atom stereocenters. The lowest BCUT2D eigenvalue weighted by molar-refractivity contribution is 0.371. The molecule has 1 aromatic heterocycles. The summed E-state index contributed by atoms with van der Waals surface area (Å²) in [6, 6.07) is 7.13. The molecule has 1 aliphatic rings. The van der Waals surface area contributed by atoms with Gasteiger partial charge in [0.25, 0.3) is 0 Å². The number of halogens is 2. The maximum atomic E-state index is 13.4. The lowest BCUT2D eigenvalue weighted by Crippen LogP contribution is -2.49. The largest absolute Gasteiger partial charge is 0.371 e. The fourth-order valence-corrected chi connectivity index (χ4v) is 3.23. The molecule has 0 aliphatic carbocycles. The molecule has 0 radical (unpaired) electrons. The van der Waals surface area contributed by atoms with Crippen LogP contribution in [0.15, 0.2) is 33.8 Å². The van der Waals surface area contributed by atoms with Gasteiger partial charge in [-0.1, -0.05) is 25.1 Å². The molecular weight excluding hydrogens is 486 g/mol. The van der Waals surface area contributed by atoms with Crippen molar-refractivity contribution in [1.29, 1.82) is 0 Å². The number of aliphatic imine (C=N–C) groups is 1. The molecule has 0 spiro atoms. The van der Waals surface area contributed by atoms with E-state index in [1.165, 1.54) is 6.07 Å². The van der Waals surface area contributed by atoms with Gasteiger partial charge in [-0.3, -0.25) is 4.99 Å². The van der Waals surface area contributed by atoms with E-state index in [9.17, 15) is 4.39 Å². The first kappa shape index (κ1) is 23.4. The van der Waals surface area contributed by atoms with E-state index in [2.05, 4.69) is 30.7 Å². The van der Waals surface area contributed by atoms with Crippen LogP contribution in [0.1, 0.15) is 44.3 Å². The SMILES string of the molecule is CN=C(NCCc1nc(C(C)C)no1)NC1CCN(c2cccc(F)c2)CC1.I. The molecule has 7 nitrogen and oxygen atoms in total. The number of guanidine groups is 1. The molecule has 29 heavy (non-hydrogen) atoms. The quantitative estimate of drug-likeness (QED) is 0.349. The van der Waals surface area contributed by atoms with Gasteiger partial charge in [-0.2, -0.15) is 4.98 Å². The molecule has 3 rings (SSSR count). The summed E-state index contributed by atoms with van der Waals surface area (Å²) in [6.45, 7) is 6.52. The monoisotopic (exact) mass is 516 g/mol. The number of piperidine rings is 1. The van der Waals surface area contributed by atoms with Crippen LogP contribution in [0.2, 0.25) is 0 Å². The summed E-state index contributed by atoms with van der Waals surface area (Å²) in [6.07, 6.45) is 2.59. The van der Waals surface area contributed by atoms with Crippen LogP contribution in [-0.2, 0) is 6.42 Å². The lowest BCUT2D eigenvalue weighted by atomic mass is 10.0. The lowest BCUT2D eigenvalue weighted by Gasteiger charge is -2.34. The van der Waals surface area contributed by atoms with E-state index in [1.54, 1.807) is 19.2 Å². The Kier molecular flexibility index (Phi) is 9.12. The second-order valence-corrected chi connectivity index (χ2v) is 7.34. The highest BCUT2D eigenvalue weighted by atomic mass is 127. The van der Waals surface area contributed by atoms with Crippen LogP contribution in [0.3, 0.4) is 0 Å². The average molecular weight is 516 g/mol. The number of nitrogens with zero attached hydrogens (tertiary/aromatic N) is 4. The van der Waals surface area contributed by atoms with Crippen LogP contribution >= 0.6 is 24.0 Å². The summed E-state index contributed by atoms with van der Waals surface area (Å²) in [5.74, 6) is 2.22. The highest BCUT2D eigenvalue weighted by Gasteiger charge is 2.20. The molecule has 2 aromatic rings. The molecule has 9 heteroatoms. The minimum atomic E-state index is -0.191. The second-order valence-electron chi connectivity index (χ2n) is 7.34. The Balaban J connectivity index is 0.00000300. The van der Waals surface area contributed by atoms with Crippen molar-refractivity contribution in [1.82, 2.24) is 20.8 Å². The predicted molar refractivity (Wildman–Crippen MR) is 124 cm³/mol. The van der Waals surface area contributed by atoms with Gasteiger partial charge < -0.3 is 20.1 Å². The van der Waals surface area contributed by atoms with Crippen molar-refractivity contribution in [2.24, 2.45) is 4.99 Å². The number of rotatable bonds is 6. The Bertz CT molecular complexity index is 789. The van der Waals surface area contributed by atoms with E-state index in [0.29, 0.717) is 24.9 Å². The molecule has 1 fully saturated rings. The Labute approximate surface area is 188 Å². The van der Waals surface area contributed by atoms with Crippen molar-refractivity contribution >= 4 is 35.6 Å². The molecule has 1 aromatic carbocycles. The first-order chi connectivity index (χ1) is 13.5. The van der Waals surface area contributed by atoms with Gasteiger partial charge >= 0.3 is 0 Å². The fourth-order valence-electron chi connectivity index (χ4n) is 3.23. The van der Waals surface area contributed by atoms with Crippen molar-refractivity contribution in [3.8, 4) is 0 Å². The van der Waals surface area contributed by atoms with Gasteiger partial charge in [0.2, 0.25) is 5.89 Å². The van der Waals surface area contributed by atoms with Crippen molar-refractivity contribution in [2.75, 3.05) is 31.6 Å². The van der Waals surface area contributed by atoms with E-state index in [4.69, 9.17) is 4.52 Å². The summed E-state index contributed by atoms with van der Waals surface area (Å²) >= 11 is 0. The van der Waals surface area contributed by atoms with Gasteiger partial charge in [-0.15, -0.1) is 24.0 Å². The zero-order valence-electron chi connectivity index (χ0n) is 17.2. The number of aromatic nitrogens is 2. The molecule has 2 N–H and O–H groups in total. The van der Waals surface area contributed by atoms with Crippen LogP contribution in [0, 0.1) is 5.82 Å². The van der Waals surface area contributed by atoms with Crippen LogP contribution in [-0.4, -0.2) is 48.8 Å². The van der Waals surface area contributed by atoms with Crippen LogP contribution < -0.4 is 15.5 Å². The van der Waals surface area contributed by atoms with Crippen LogP contribution in [0.25, 0.3) is 0 Å². The molecule has 160 valence electrons. The maximum Gasteiger partial charge on any atom is 0.228 e. The highest BCUT2D eigenvalue weighted by molar-refractivity contribution is 14.0. The van der Waals surface area contributed by atoms with E-state index in [0.717, 1.165) is 43.4 Å². The van der Waals surface area contributed by atoms with E-state index in [-0.39, 0.29) is 35.7 Å². The molecule has 0 amide bonds. The second kappa shape index (κ2) is 11.3. The van der Waals surface area contributed by atoms with Crippen molar-refractivity contribution in [2.45, 2.75) is 45.1 Å². The Hall–Kier alpha value is -1.91. The van der Waals surface area contributed by atoms with E-state index in [1.807, 2.05) is 19.9 Å². The summed E-state index contributed by atoms with van der Waals surface area (Å²) < 4.78 is 18.7. The maximum absolute atomic E-state index is 13.4. The third kappa shape index (κ3) is 6.83. The minimum absolute atomic E-state index is 0. The minimum Gasteiger partial charge on any atom is -0.371 e. The van der Waals surface area contributed by atoms with Crippen LogP contribution in [0.4, 0.5) is 10.1 Å². The molecule has 1 saturated heterocycles. The normalized spacial score (nSPS) is 15.3. The van der Waals surface area contributed by atoms with E-state index < -0.39 is 0 Å². The summed E-state index contributed by atoms with van der Waals surface area (Å²) in [4.78, 5) is 10.9. The number of anilines is 1. The smallest absolute Gasteiger partial charge is 0.228 e. The Morgan fingerprint density at radius 1 is 1.34 bits per heavy atom. The highest BCUT2D eigenvalue weighted by Crippen LogP contribution is 2.20. The number of benzene rings is 1. The standard InChI is InChI=1S/C20H29FN6O.HI/c1-14(2)19-25-18(28-26-19)7-10-23-20(22-3)24-16-8-11-27(12-9-16)17-6-4-5-15(21)13-17;/h4-6,13-14,16H,7-12H2,1-3H3,(H2,22,23,24);1H. The fraction of sp³-hybridized carbons (Fsp3) is 0.550. The number of nitrogens with one attached hydrogen (secondary N) is 2. The van der Waals surface area contributed by atoms with Gasteiger partial charge in [-0.05, 0) is 31.0 Å². The van der Waals surface area contributed by atoms with E-state index >= 15 is 0 Å². The number of hydrogen-bond donors (Lipinski definition) is 2. The Morgan fingerprint density at radius 2 is 2.10 bits per heavy atom. The topological polar surface area (TPSA) is 78.6 Å².